The van der Waals surface area contributed by atoms with Crippen molar-refractivity contribution >= 4 is 27.5 Å². The highest BCUT2D eigenvalue weighted by Crippen LogP contribution is 2.42. The third-order valence-electron chi connectivity index (χ3n) is 3.30. The fraction of sp³-hybridized carbons (Fsp3) is 0.250. The standard InChI is InChI=1S/C16H14BrClO2/c1-10-2-4-11(5-3-10)16(17)12-8-14-15(9-13(12)18)20-7-6-19-14/h2-5,8-9,16H,6-7H2,1H3. The summed E-state index contributed by atoms with van der Waals surface area (Å²) in [5, 5.41) is 0.678. The second-order valence-corrected chi connectivity index (χ2v) is 6.11. The topological polar surface area (TPSA) is 18.5 Å². The molecule has 3 rings (SSSR count). The van der Waals surface area contributed by atoms with Crippen LogP contribution in [0.15, 0.2) is 36.4 Å². The molecule has 4 heteroatoms. The third-order valence-corrected chi connectivity index (χ3v) is 4.65. The Morgan fingerprint density at radius 3 is 2.30 bits per heavy atom. The fourth-order valence-electron chi connectivity index (χ4n) is 2.19. The number of aryl methyl sites for hydroxylation is 1. The van der Waals surface area contributed by atoms with Crippen molar-refractivity contribution in [3.05, 3.63) is 58.1 Å². The first-order valence-corrected chi connectivity index (χ1v) is 7.74. The maximum absolute atomic E-state index is 6.37. The molecule has 0 amide bonds. The summed E-state index contributed by atoms with van der Waals surface area (Å²) >= 11 is 10.1. The van der Waals surface area contributed by atoms with Crippen LogP contribution in [-0.4, -0.2) is 13.2 Å². The van der Waals surface area contributed by atoms with Crippen LogP contribution >= 0.6 is 27.5 Å². The molecule has 0 aromatic heterocycles. The van der Waals surface area contributed by atoms with E-state index in [9.17, 15) is 0 Å². The molecule has 0 spiro atoms. The van der Waals surface area contributed by atoms with E-state index in [1.807, 2.05) is 12.1 Å². The minimum Gasteiger partial charge on any atom is -0.486 e. The van der Waals surface area contributed by atoms with E-state index in [4.69, 9.17) is 21.1 Å². The van der Waals surface area contributed by atoms with Gasteiger partial charge in [0.05, 0.1) is 4.83 Å². The number of alkyl halides is 1. The smallest absolute Gasteiger partial charge is 0.162 e. The summed E-state index contributed by atoms with van der Waals surface area (Å²) < 4.78 is 11.2. The van der Waals surface area contributed by atoms with Gasteiger partial charge in [0.25, 0.3) is 0 Å². The van der Waals surface area contributed by atoms with Crippen molar-refractivity contribution in [2.24, 2.45) is 0 Å². The predicted molar refractivity (Wildman–Crippen MR) is 84.4 cm³/mol. The lowest BCUT2D eigenvalue weighted by molar-refractivity contribution is 0.171. The molecule has 0 saturated carbocycles. The first-order valence-electron chi connectivity index (χ1n) is 6.45. The highest BCUT2D eigenvalue weighted by Gasteiger charge is 2.20. The molecule has 0 saturated heterocycles. The van der Waals surface area contributed by atoms with Gasteiger partial charge in [0.15, 0.2) is 11.5 Å². The molecule has 1 aliphatic heterocycles. The van der Waals surface area contributed by atoms with Crippen LogP contribution in [-0.2, 0) is 0 Å². The second-order valence-electron chi connectivity index (χ2n) is 4.79. The number of hydrogen-bond acceptors (Lipinski definition) is 2. The van der Waals surface area contributed by atoms with E-state index in [0.717, 1.165) is 16.9 Å². The summed E-state index contributed by atoms with van der Waals surface area (Å²) in [5.74, 6) is 1.47. The zero-order chi connectivity index (χ0) is 14.1. The lowest BCUT2D eigenvalue weighted by Gasteiger charge is -2.21. The van der Waals surface area contributed by atoms with E-state index in [1.165, 1.54) is 5.56 Å². The lowest BCUT2D eigenvalue weighted by Crippen LogP contribution is -2.15. The summed E-state index contributed by atoms with van der Waals surface area (Å²) in [4.78, 5) is 0.0337. The largest absolute Gasteiger partial charge is 0.486 e. The minimum absolute atomic E-state index is 0.0337. The van der Waals surface area contributed by atoms with Gasteiger partial charge in [-0.25, -0.2) is 0 Å². The number of ether oxygens (including phenoxy) is 2. The van der Waals surface area contributed by atoms with Crippen molar-refractivity contribution < 1.29 is 9.47 Å². The van der Waals surface area contributed by atoms with E-state index in [0.29, 0.717) is 24.0 Å². The van der Waals surface area contributed by atoms with Crippen LogP contribution in [0.4, 0.5) is 0 Å². The molecule has 0 radical (unpaired) electrons. The van der Waals surface area contributed by atoms with Gasteiger partial charge in [-0.2, -0.15) is 0 Å². The number of hydrogen-bond donors (Lipinski definition) is 0. The van der Waals surface area contributed by atoms with Crippen molar-refractivity contribution in [2.75, 3.05) is 13.2 Å². The Bertz CT molecular complexity index is 625. The summed E-state index contributed by atoms with van der Waals surface area (Å²) in [7, 11) is 0. The molecule has 1 aliphatic rings. The van der Waals surface area contributed by atoms with Gasteiger partial charge in [0.1, 0.15) is 13.2 Å². The Labute approximate surface area is 131 Å². The van der Waals surface area contributed by atoms with Crippen molar-refractivity contribution in [1.29, 1.82) is 0 Å². The molecule has 2 aromatic rings. The third kappa shape index (κ3) is 2.65. The molecule has 2 nitrogen and oxygen atoms in total. The van der Waals surface area contributed by atoms with Gasteiger partial charge in [0, 0.05) is 11.1 Å². The van der Waals surface area contributed by atoms with Crippen molar-refractivity contribution in [2.45, 2.75) is 11.8 Å². The predicted octanol–water partition coefficient (Wildman–Crippen LogP) is 4.90. The summed E-state index contributed by atoms with van der Waals surface area (Å²) in [6.07, 6.45) is 0. The van der Waals surface area contributed by atoms with Crippen LogP contribution in [0.25, 0.3) is 0 Å². The molecule has 0 fully saturated rings. The van der Waals surface area contributed by atoms with E-state index in [1.54, 1.807) is 0 Å². The molecule has 1 unspecified atom stereocenters. The molecular formula is C16H14BrClO2. The monoisotopic (exact) mass is 352 g/mol. The van der Waals surface area contributed by atoms with E-state index in [2.05, 4.69) is 47.1 Å². The van der Waals surface area contributed by atoms with Crippen molar-refractivity contribution in [1.82, 2.24) is 0 Å². The number of benzene rings is 2. The second kappa shape index (κ2) is 5.66. The van der Waals surface area contributed by atoms with Crippen LogP contribution in [0.2, 0.25) is 5.02 Å². The number of rotatable bonds is 2. The van der Waals surface area contributed by atoms with Gasteiger partial charge in [0.2, 0.25) is 0 Å². The Morgan fingerprint density at radius 2 is 1.65 bits per heavy atom. The quantitative estimate of drug-likeness (QED) is 0.715. The van der Waals surface area contributed by atoms with Crippen LogP contribution in [0.5, 0.6) is 11.5 Å². The Hall–Kier alpha value is -1.19. The van der Waals surface area contributed by atoms with Crippen LogP contribution in [0, 0.1) is 6.92 Å². The number of fused-ring (bicyclic) bond motifs is 1. The molecule has 1 atom stereocenters. The van der Waals surface area contributed by atoms with Crippen LogP contribution in [0.1, 0.15) is 21.5 Å². The summed E-state index contributed by atoms with van der Waals surface area (Å²) in [5.41, 5.74) is 3.38. The maximum atomic E-state index is 6.37. The van der Waals surface area contributed by atoms with Gasteiger partial charge >= 0.3 is 0 Å². The molecule has 104 valence electrons. The molecule has 0 N–H and O–H groups in total. The van der Waals surface area contributed by atoms with Crippen molar-refractivity contribution in [3.8, 4) is 11.5 Å². The average Bonchev–Trinajstić information content (AvgIpc) is 2.46. The first-order chi connectivity index (χ1) is 9.65. The molecule has 1 heterocycles. The van der Waals surface area contributed by atoms with E-state index < -0.39 is 0 Å². The van der Waals surface area contributed by atoms with Gasteiger partial charge < -0.3 is 9.47 Å². The van der Waals surface area contributed by atoms with E-state index in [-0.39, 0.29) is 4.83 Å². The molecule has 0 bridgehead atoms. The van der Waals surface area contributed by atoms with Gasteiger partial charge in [-0.05, 0) is 24.1 Å². The first kappa shape index (κ1) is 13.8. The van der Waals surface area contributed by atoms with Crippen LogP contribution < -0.4 is 9.47 Å². The van der Waals surface area contributed by atoms with Gasteiger partial charge in [-0.15, -0.1) is 0 Å². The van der Waals surface area contributed by atoms with Gasteiger partial charge in [-0.3, -0.25) is 0 Å². The molecular weight excluding hydrogens is 340 g/mol. The zero-order valence-corrected chi connectivity index (χ0v) is 13.4. The minimum atomic E-state index is 0.0337. The van der Waals surface area contributed by atoms with E-state index >= 15 is 0 Å². The lowest BCUT2D eigenvalue weighted by atomic mass is 10.0. The molecule has 0 aliphatic carbocycles. The number of halogens is 2. The fourth-order valence-corrected chi connectivity index (χ4v) is 3.27. The Balaban J connectivity index is 1.98. The molecule has 2 aromatic carbocycles. The molecule has 20 heavy (non-hydrogen) atoms. The SMILES string of the molecule is Cc1ccc(C(Br)c2cc3c(cc2Cl)OCCO3)cc1. The van der Waals surface area contributed by atoms with Gasteiger partial charge in [-0.1, -0.05) is 57.4 Å². The maximum Gasteiger partial charge on any atom is 0.162 e. The highest BCUT2D eigenvalue weighted by molar-refractivity contribution is 9.09. The normalized spacial score (nSPS) is 14.9. The zero-order valence-electron chi connectivity index (χ0n) is 11.0. The summed E-state index contributed by atoms with van der Waals surface area (Å²) in [6.45, 7) is 3.22. The summed E-state index contributed by atoms with van der Waals surface area (Å²) in [6, 6.07) is 12.2. The Morgan fingerprint density at radius 1 is 1.05 bits per heavy atom. The van der Waals surface area contributed by atoms with Crippen molar-refractivity contribution in [3.63, 3.8) is 0 Å². The van der Waals surface area contributed by atoms with Crippen LogP contribution in [0.3, 0.4) is 0 Å². The highest BCUT2D eigenvalue weighted by atomic mass is 79.9. The Kier molecular flexibility index (Phi) is 3.90. The average molecular weight is 354 g/mol.